The van der Waals surface area contributed by atoms with Crippen molar-refractivity contribution in [2.24, 2.45) is 5.73 Å². The molecular weight excluding hydrogens is 263 g/mol. The third kappa shape index (κ3) is 2.22. The molecule has 2 rings (SSSR count). The lowest BCUT2D eigenvalue weighted by Crippen LogP contribution is -2.44. The molecule has 0 unspecified atom stereocenters. The number of hydrogen-bond donors (Lipinski definition) is 2. The Morgan fingerprint density at radius 2 is 2.14 bits per heavy atom. The van der Waals surface area contributed by atoms with Gasteiger partial charge in [0.1, 0.15) is 0 Å². The zero-order chi connectivity index (χ0) is 10.1. The summed E-state index contributed by atoms with van der Waals surface area (Å²) in [6, 6.07) is 6.76. The Kier molecular flexibility index (Phi) is 3.00. The van der Waals surface area contributed by atoms with Crippen LogP contribution < -0.4 is 11.1 Å². The van der Waals surface area contributed by atoms with Crippen LogP contribution in [0.3, 0.4) is 0 Å². The van der Waals surface area contributed by atoms with Gasteiger partial charge >= 0.3 is 0 Å². The highest BCUT2D eigenvalue weighted by Crippen LogP contribution is 2.28. The predicted molar refractivity (Wildman–Crippen MR) is 63.8 cm³/mol. The van der Waals surface area contributed by atoms with Gasteiger partial charge in [-0.15, -0.1) is 0 Å². The first-order valence-corrected chi connectivity index (χ1v) is 5.79. The minimum atomic E-state index is 0.378. The summed E-state index contributed by atoms with van der Waals surface area (Å²) in [6.45, 7) is 0. The number of halogens is 2. The van der Waals surface area contributed by atoms with Crippen molar-refractivity contribution >= 4 is 33.2 Å². The molecular formula is C10H12BrClN2. The van der Waals surface area contributed by atoms with Crippen LogP contribution in [0.4, 0.5) is 5.69 Å². The van der Waals surface area contributed by atoms with Crippen LogP contribution in [-0.4, -0.2) is 12.1 Å². The molecule has 0 radical (unpaired) electrons. The molecule has 1 saturated carbocycles. The van der Waals surface area contributed by atoms with E-state index in [1.54, 1.807) is 0 Å². The maximum absolute atomic E-state index is 5.89. The highest BCUT2D eigenvalue weighted by Gasteiger charge is 2.25. The highest BCUT2D eigenvalue weighted by molar-refractivity contribution is 9.10. The lowest BCUT2D eigenvalue weighted by Gasteiger charge is -2.33. The van der Waals surface area contributed by atoms with Crippen LogP contribution in [0.2, 0.25) is 5.02 Å². The third-order valence-electron chi connectivity index (χ3n) is 2.46. The summed E-state index contributed by atoms with van der Waals surface area (Å²) >= 11 is 9.28. The maximum Gasteiger partial charge on any atom is 0.0549 e. The van der Waals surface area contributed by atoms with Crippen molar-refractivity contribution in [2.75, 3.05) is 5.32 Å². The molecule has 4 heteroatoms. The second kappa shape index (κ2) is 4.09. The van der Waals surface area contributed by atoms with Crippen LogP contribution in [0.5, 0.6) is 0 Å². The van der Waals surface area contributed by atoms with Gasteiger partial charge in [0.25, 0.3) is 0 Å². The first-order valence-electron chi connectivity index (χ1n) is 4.62. The van der Waals surface area contributed by atoms with Crippen LogP contribution in [0.25, 0.3) is 0 Å². The first kappa shape index (κ1) is 10.3. The van der Waals surface area contributed by atoms with Crippen LogP contribution in [0.15, 0.2) is 22.7 Å². The molecule has 0 bridgehead atoms. The lowest BCUT2D eigenvalue weighted by molar-refractivity contribution is 0.373. The van der Waals surface area contributed by atoms with E-state index in [1.807, 2.05) is 18.2 Å². The van der Waals surface area contributed by atoms with Crippen LogP contribution in [0.1, 0.15) is 12.8 Å². The summed E-state index contributed by atoms with van der Waals surface area (Å²) in [5.41, 5.74) is 6.80. The van der Waals surface area contributed by atoms with Crippen molar-refractivity contribution in [3.8, 4) is 0 Å². The molecule has 1 fully saturated rings. The van der Waals surface area contributed by atoms with Crippen molar-refractivity contribution in [3.05, 3.63) is 27.7 Å². The van der Waals surface area contributed by atoms with E-state index in [9.17, 15) is 0 Å². The largest absolute Gasteiger partial charge is 0.382 e. The van der Waals surface area contributed by atoms with Gasteiger partial charge in [-0.25, -0.2) is 0 Å². The predicted octanol–water partition coefficient (Wildman–Crippen LogP) is 3.00. The summed E-state index contributed by atoms with van der Waals surface area (Å²) in [4.78, 5) is 0. The number of benzene rings is 1. The van der Waals surface area contributed by atoms with Crippen molar-refractivity contribution < 1.29 is 0 Å². The third-order valence-corrected chi connectivity index (χ3v) is 3.68. The van der Waals surface area contributed by atoms with Gasteiger partial charge in [0, 0.05) is 22.2 Å². The molecule has 1 aliphatic carbocycles. The number of nitrogens with one attached hydrogen (secondary N) is 1. The Bertz CT molecular complexity index is 337. The van der Waals surface area contributed by atoms with Crippen molar-refractivity contribution in [1.82, 2.24) is 0 Å². The number of hydrogen-bond acceptors (Lipinski definition) is 2. The van der Waals surface area contributed by atoms with E-state index < -0.39 is 0 Å². The van der Waals surface area contributed by atoms with Crippen LogP contribution in [-0.2, 0) is 0 Å². The molecule has 76 valence electrons. The molecule has 0 atom stereocenters. The first-order chi connectivity index (χ1) is 6.65. The molecule has 14 heavy (non-hydrogen) atoms. The van der Waals surface area contributed by atoms with E-state index in [-0.39, 0.29) is 0 Å². The Hall–Kier alpha value is -0.250. The van der Waals surface area contributed by atoms with E-state index in [0.717, 1.165) is 28.0 Å². The zero-order valence-electron chi connectivity index (χ0n) is 7.63. The molecule has 0 amide bonds. The summed E-state index contributed by atoms with van der Waals surface area (Å²) in [7, 11) is 0. The van der Waals surface area contributed by atoms with E-state index in [4.69, 9.17) is 17.3 Å². The van der Waals surface area contributed by atoms with E-state index in [0.29, 0.717) is 12.1 Å². The van der Waals surface area contributed by atoms with Crippen molar-refractivity contribution in [2.45, 2.75) is 24.9 Å². The Labute approximate surface area is 96.9 Å². The van der Waals surface area contributed by atoms with Gasteiger partial charge in [-0.1, -0.05) is 11.6 Å². The number of rotatable bonds is 2. The fourth-order valence-electron chi connectivity index (χ4n) is 1.60. The lowest BCUT2D eigenvalue weighted by atomic mass is 9.87. The summed E-state index contributed by atoms with van der Waals surface area (Å²) < 4.78 is 0.924. The molecule has 0 saturated heterocycles. The van der Waals surface area contributed by atoms with Gasteiger partial charge < -0.3 is 11.1 Å². The summed E-state index contributed by atoms with van der Waals surface area (Å²) in [5, 5.41) is 4.15. The second-order valence-electron chi connectivity index (χ2n) is 3.70. The van der Waals surface area contributed by atoms with Gasteiger partial charge in [0.05, 0.1) is 5.02 Å². The Balaban J connectivity index is 2.00. The molecule has 1 aliphatic rings. The van der Waals surface area contributed by atoms with Gasteiger partial charge in [0.2, 0.25) is 0 Å². The quantitative estimate of drug-likeness (QED) is 0.871. The Morgan fingerprint density at radius 3 is 2.71 bits per heavy atom. The van der Waals surface area contributed by atoms with Gasteiger partial charge in [-0.3, -0.25) is 0 Å². The fraction of sp³-hybridized carbons (Fsp3) is 0.400. The van der Waals surface area contributed by atoms with Crippen molar-refractivity contribution in [1.29, 1.82) is 0 Å². The second-order valence-corrected chi connectivity index (χ2v) is 4.96. The molecule has 2 nitrogen and oxygen atoms in total. The van der Waals surface area contributed by atoms with Gasteiger partial charge in [-0.2, -0.15) is 0 Å². The normalized spacial score (nSPS) is 25.6. The minimum Gasteiger partial charge on any atom is -0.382 e. The maximum atomic E-state index is 5.89. The molecule has 1 aromatic carbocycles. The van der Waals surface area contributed by atoms with Gasteiger partial charge in [-0.05, 0) is 47.0 Å². The minimum absolute atomic E-state index is 0.378. The smallest absolute Gasteiger partial charge is 0.0549 e. The van der Waals surface area contributed by atoms with Gasteiger partial charge in [0.15, 0.2) is 0 Å². The molecule has 0 heterocycles. The molecule has 0 aliphatic heterocycles. The monoisotopic (exact) mass is 274 g/mol. The molecule has 0 aromatic heterocycles. The molecule has 1 aromatic rings. The SMILES string of the molecule is NC1CC(Nc2ccc(Cl)c(Br)c2)C1. The fourth-order valence-corrected chi connectivity index (χ4v) is 2.10. The standard InChI is InChI=1S/C10H12BrClN2/c11-9-5-7(1-2-10(9)12)14-8-3-6(13)4-8/h1-2,5-6,8,14H,3-4,13H2. The average Bonchev–Trinajstić information content (AvgIpc) is 2.09. The zero-order valence-corrected chi connectivity index (χ0v) is 9.98. The van der Waals surface area contributed by atoms with Crippen molar-refractivity contribution in [3.63, 3.8) is 0 Å². The summed E-state index contributed by atoms with van der Waals surface area (Å²) in [5.74, 6) is 0. The van der Waals surface area contributed by atoms with E-state index in [1.165, 1.54) is 0 Å². The molecule has 0 spiro atoms. The van der Waals surface area contributed by atoms with E-state index >= 15 is 0 Å². The summed E-state index contributed by atoms with van der Waals surface area (Å²) in [6.07, 6.45) is 2.11. The topological polar surface area (TPSA) is 38.0 Å². The Morgan fingerprint density at radius 1 is 1.43 bits per heavy atom. The number of nitrogens with two attached hydrogens (primary N) is 1. The average molecular weight is 276 g/mol. The van der Waals surface area contributed by atoms with E-state index in [2.05, 4.69) is 21.2 Å². The van der Waals surface area contributed by atoms with Crippen LogP contribution in [0, 0.1) is 0 Å². The van der Waals surface area contributed by atoms with Crippen LogP contribution >= 0.6 is 27.5 Å². The number of anilines is 1. The molecule has 3 N–H and O–H groups in total. The highest BCUT2D eigenvalue weighted by atomic mass is 79.9.